The molecule has 1 rings (SSSR count). The van der Waals surface area contributed by atoms with E-state index >= 15 is 0 Å². The van der Waals surface area contributed by atoms with E-state index in [0.29, 0.717) is 19.8 Å². The van der Waals surface area contributed by atoms with Gasteiger partial charge in [0.1, 0.15) is 5.82 Å². The molecular formula is C9H4Br3F. The Kier molecular flexibility index (Phi) is 4.43. The second-order valence-electron chi connectivity index (χ2n) is 2.18. The standard InChI is InChI=1S/C9H4Br3F/c10-3-1-2-7-8(12)4-6(11)5-9(7)13/h4-5H,3H2. The van der Waals surface area contributed by atoms with Crippen molar-refractivity contribution in [1.29, 1.82) is 0 Å². The predicted octanol–water partition coefficient (Wildman–Crippen LogP) is 4.10. The zero-order chi connectivity index (χ0) is 9.84. The predicted molar refractivity (Wildman–Crippen MR) is 62.5 cm³/mol. The van der Waals surface area contributed by atoms with Crippen molar-refractivity contribution in [2.75, 3.05) is 5.33 Å². The number of hydrogen-bond donors (Lipinski definition) is 0. The van der Waals surface area contributed by atoms with Crippen LogP contribution in [0, 0.1) is 17.7 Å². The topological polar surface area (TPSA) is 0 Å². The van der Waals surface area contributed by atoms with Crippen LogP contribution in [0.3, 0.4) is 0 Å². The molecule has 0 aliphatic carbocycles. The van der Waals surface area contributed by atoms with E-state index in [1.165, 1.54) is 6.07 Å². The lowest BCUT2D eigenvalue weighted by molar-refractivity contribution is 0.622. The van der Waals surface area contributed by atoms with E-state index in [9.17, 15) is 4.39 Å². The fourth-order valence-electron chi connectivity index (χ4n) is 0.783. The van der Waals surface area contributed by atoms with E-state index in [1.807, 2.05) is 0 Å². The number of rotatable bonds is 0. The first-order valence-electron chi connectivity index (χ1n) is 3.34. The van der Waals surface area contributed by atoms with Crippen LogP contribution in [0.4, 0.5) is 4.39 Å². The van der Waals surface area contributed by atoms with Crippen molar-refractivity contribution < 1.29 is 4.39 Å². The number of alkyl halides is 1. The molecule has 1 aromatic carbocycles. The van der Waals surface area contributed by atoms with Crippen LogP contribution >= 0.6 is 47.8 Å². The highest BCUT2D eigenvalue weighted by atomic mass is 79.9. The number of halogens is 4. The Morgan fingerprint density at radius 2 is 2.00 bits per heavy atom. The summed E-state index contributed by atoms with van der Waals surface area (Å²) in [5.74, 6) is 5.14. The van der Waals surface area contributed by atoms with Gasteiger partial charge < -0.3 is 0 Å². The second kappa shape index (κ2) is 5.14. The third-order valence-electron chi connectivity index (χ3n) is 1.29. The maximum atomic E-state index is 13.3. The van der Waals surface area contributed by atoms with Crippen LogP contribution < -0.4 is 0 Å². The van der Waals surface area contributed by atoms with Crippen molar-refractivity contribution in [2.45, 2.75) is 0 Å². The molecule has 0 amide bonds. The summed E-state index contributed by atoms with van der Waals surface area (Å²) in [6.45, 7) is 0. The SMILES string of the molecule is Fc1cc(Br)cc(Br)c1C#CCBr. The van der Waals surface area contributed by atoms with Crippen LogP contribution in [-0.2, 0) is 0 Å². The molecule has 0 atom stereocenters. The highest BCUT2D eigenvalue weighted by molar-refractivity contribution is 9.11. The fraction of sp³-hybridized carbons (Fsp3) is 0.111. The Balaban J connectivity index is 3.21. The van der Waals surface area contributed by atoms with Crippen molar-refractivity contribution in [3.8, 4) is 11.8 Å². The summed E-state index contributed by atoms with van der Waals surface area (Å²) in [5, 5.41) is 0.537. The van der Waals surface area contributed by atoms with Gasteiger partial charge in [-0.3, -0.25) is 0 Å². The lowest BCUT2D eigenvalue weighted by Crippen LogP contribution is -1.85. The minimum atomic E-state index is -0.324. The molecule has 13 heavy (non-hydrogen) atoms. The third kappa shape index (κ3) is 3.08. The van der Waals surface area contributed by atoms with Gasteiger partial charge in [-0.05, 0) is 28.1 Å². The average molecular weight is 371 g/mol. The van der Waals surface area contributed by atoms with Crippen molar-refractivity contribution in [2.24, 2.45) is 0 Å². The molecule has 0 heterocycles. The van der Waals surface area contributed by atoms with Crippen LogP contribution in [-0.4, -0.2) is 5.33 Å². The minimum Gasteiger partial charge on any atom is -0.206 e. The summed E-state index contributed by atoms with van der Waals surface area (Å²) >= 11 is 9.58. The third-order valence-corrected chi connectivity index (χ3v) is 2.65. The summed E-state index contributed by atoms with van der Waals surface area (Å²) in [5.41, 5.74) is 0.391. The highest BCUT2D eigenvalue weighted by Gasteiger charge is 2.05. The average Bonchev–Trinajstić information content (AvgIpc) is 2.02. The minimum absolute atomic E-state index is 0.324. The molecule has 0 radical (unpaired) electrons. The normalized spacial score (nSPS) is 9.23. The van der Waals surface area contributed by atoms with E-state index < -0.39 is 0 Å². The lowest BCUT2D eigenvalue weighted by atomic mass is 10.2. The molecule has 68 valence electrons. The van der Waals surface area contributed by atoms with Gasteiger partial charge in [0, 0.05) is 8.95 Å². The smallest absolute Gasteiger partial charge is 0.141 e. The molecule has 0 saturated heterocycles. The number of hydrogen-bond acceptors (Lipinski definition) is 0. The van der Waals surface area contributed by atoms with Crippen molar-refractivity contribution in [3.05, 3.63) is 32.5 Å². The fourth-order valence-corrected chi connectivity index (χ4v) is 2.20. The quantitative estimate of drug-likeness (QED) is 0.476. The molecule has 0 fully saturated rings. The van der Waals surface area contributed by atoms with Crippen molar-refractivity contribution in [3.63, 3.8) is 0 Å². The molecule has 0 aliphatic heterocycles. The van der Waals surface area contributed by atoms with Gasteiger partial charge in [-0.25, -0.2) is 4.39 Å². The Hall–Kier alpha value is 0.150. The van der Waals surface area contributed by atoms with E-state index in [2.05, 4.69) is 59.6 Å². The van der Waals surface area contributed by atoms with Crippen LogP contribution in [0.25, 0.3) is 0 Å². The van der Waals surface area contributed by atoms with E-state index in [0.717, 1.165) is 0 Å². The summed E-state index contributed by atoms with van der Waals surface area (Å²) < 4.78 is 14.6. The van der Waals surface area contributed by atoms with Gasteiger partial charge in [0.15, 0.2) is 0 Å². The molecule has 0 unspecified atom stereocenters. The first-order chi connectivity index (χ1) is 6.15. The van der Waals surface area contributed by atoms with Gasteiger partial charge in [0.25, 0.3) is 0 Å². The monoisotopic (exact) mass is 368 g/mol. The maximum absolute atomic E-state index is 13.3. The van der Waals surface area contributed by atoms with Crippen LogP contribution in [0.1, 0.15) is 5.56 Å². The second-order valence-corrected chi connectivity index (χ2v) is 4.51. The van der Waals surface area contributed by atoms with Crippen LogP contribution in [0.2, 0.25) is 0 Å². The molecule has 0 aliphatic rings. The van der Waals surface area contributed by atoms with Crippen LogP contribution in [0.15, 0.2) is 21.1 Å². The Morgan fingerprint density at radius 3 is 2.54 bits per heavy atom. The molecular weight excluding hydrogens is 367 g/mol. The molecule has 0 saturated carbocycles. The highest BCUT2D eigenvalue weighted by Crippen LogP contribution is 2.24. The molecule has 0 spiro atoms. The van der Waals surface area contributed by atoms with Crippen molar-refractivity contribution in [1.82, 2.24) is 0 Å². The largest absolute Gasteiger partial charge is 0.206 e. The molecule has 0 aromatic heterocycles. The maximum Gasteiger partial charge on any atom is 0.141 e. The molecule has 4 heteroatoms. The summed E-state index contributed by atoms with van der Waals surface area (Å²) in [6, 6.07) is 3.16. The van der Waals surface area contributed by atoms with Crippen molar-refractivity contribution >= 4 is 47.8 Å². The zero-order valence-corrected chi connectivity index (χ0v) is 11.1. The molecule has 0 nitrogen and oxygen atoms in total. The van der Waals surface area contributed by atoms with Gasteiger partial charge in [-0.15, -0.1) is 0 Å². The van der Waals surface area contributed by atoms with Gasteiger partial charge in [-0.2, -0.15) is 0 Å². The number of benzene rings is 1. The first kappa shape index (κ1) is 11.2. The van der Waals surface area contributed by atoms with Gasteiger partial charge in [0.2, 0.25) is 0 Å². The Morgan fingerprint density at radius 1 is 1.31 bits per heavy atom. The van der Waals surface area contributed by atoms with Gasteiger partial charge in [0.05, 0.1) is 10.9 Å². The molecule has 0 N–H and O–H groups in total. The zero-order valence-electron chi connectivity index (χ0n) is 6.37. The Bertz CT molecular complexity index is 353. The Labute approximate surface area is 101 Å². The molecule has 0 bridgehead atoms. The van der Waals surface area contributed by atoms with E-state index in [4.69, 9.17) is 0 Å². The van der Waals surface area contributed by atoms with Gasteiger partial charge in [-0.1, -0.05) is 43.7 Å². The van der Waals surface area contributed by atoms with E-state index in [-0.39, 0.29) is 5.82 Å². The van der Waals surface area contributed by atoms with E-state index in [1.54, 1.807) is 6.07 Å². The van der Waals surface area contributed by atoms with Crippen LogP contribution in [0.5, 0.6) is 0 Å². The first-order valence-corrected chi connectivity index (χ1v) is 6.05. The summed E-state index contributed by atoms with van der Waals surface area (Å²) in [7, 11) is 0. The lowest BCUT2D eigenvalue weighted by Gasteiger charge is -1.99. The van der Waals surface area contributed by atoms with Gasteiger partial charge >= 0.3 is 0 Å². The molecule has 1 aromatic rings. The summed E-state index contributed by atoms with van der Waals surface area (Å²) in [6.07, 6.45) is 0. The summed E-state index contributed by atoms with van der Waals surface area (Å²) in [4.78, 5) is 0.